The van der Waals surface area contributed by atoms with E-state index in [-0.39, 0.29) is 0 Å². The first-order valence-electron chi connectivity index (χ1n) is 7.66. The van der Waals surface area contributed by atoms with Gasteiger partial charge in [-0.1, -0.05) is 42.5 Å². The van der Waals surface area contributed by atoms with Gasteiger partial charge in [0.05, 0.1) is 24.2 Å². The van der Waals surface area contributed by atoms with E-state index < -0.39 is 5.79 Å². The molecular formula is C18H16N2O2. The molecule has 3 aliphatic heterocycles. The van der Waals surface area contributed by atoms with Crippen molar-refractivity contribution in [3.8, 4) is 0 Å². The van der Waals surface area contributed by atoms with Gasteiger partial charge in [0.15, 0.2) is 5.82 Å². The predicted molar refractivity (Wildman–Crippen MR) is 82.3 cm³/mol. The fourth-order valence-electron chi connectivity index (χ4n) is 3.52. The number of benzene rings is 2. The van der Waals surface area contributed by atoms with Crippen molar-refractivity contribution in [2.75, 3.05) is 13.2 Å². The first kappa shape index (κ1) is 12.4. The molecule has 4 heterocycles. The van der Waals surface area contributed by atoms with Crippen LogP contribution in [0.15, 0.2) is 54.6 Å². The van der Waals surface area contributed by atoms with Gasteiger partial charge < -0.3 is 14.0 Å². The van der Waals surface area contributed by atoms with Crippen LogP contribution in [0.25, 0.3) is 11.0 Å². The van der Waals surface area contributed by atoms with Crippen LogP contribution in [0.4, 0.5) is 0 Å². The number of imidazole rings is 1. The van der Waals surface area contributed by atoms with Crippen LogP contribution in [0.1, 0.15) is 11.4 Å². The lowest BCUT2D eigenvalue weighted by atomic mass is 10.0. The maximum absolute atomic E-state index is 6.23. The lowest BCUT2D eigenvalue weighted by Gasteiger charge is -2.36. The Morgan fingerprint density at radius 2 is 1.68 bits per heavy atom. The number of rotatable bonds is 1. The van der Waals surface area contributed by atoms with E-state index in [0.29, 0.717) is 19.1 Å². The minimum absolute atomic E-state index is 0.371. The number of para-hydroxylation sites is 2. The van der Waals surface area contributed by atoms with Crippen molar-refractivity contribution in [1.82, 2.24) is 9.55 Å². The van der Waals surface area contributed by atoms with E-state index in [2.05, 4.69) is 28.8 Å². The zero-order valence-corrected chi connectivity index (χ0v) is 12.1. The van der Waals surface area contributed by atoms with Crippen molar-refractivity contribution < 1.29 is 9.47 Å². The van der Waals surface area contributed by atoms with Crippen molar-refractivity contribution in [1.29, 1.82) is 0 Å². The summed E-state index contributed by atoms with van der Waals surface area (Å²) in [5.74, 6) is 0.350. The van der Waals surface area contributed by atoms with Gasteiger partial charge in [0.2, 0.25) is 0 Å². The molecule has 3 aromatic rings. The Balaban J connectivity index is 1.83. The van der Waals surface area contributed by atoms with Gasteiger partial charge >= 0.3 is 0 Å². The Labute approximate surface area is 128 Å². The van der Waals surface area contributed by atoms with Gasteiger partial charge in [-0.15, -0.1) is 0 Å². The van der Waals surface area contributed by atoms with Gasteiger partial charge in [0.1, 0.15) is 0 Å². The summed E-state index contributed by atoms with van der Waals surface area (Å²) >= 11 is 0. The molecule has 0 saturated carbocycles. The maximum Gasteiger partial charge on any atom is 0.256 e. The smallest absolute Gasteiger partial charge is 0.256 e. The van der Waals surface area contributed by atoms with E-state index in [9.17, 15) is 0 Å². The molecule has 4 nitrogen and oxygen atoms in total. The summed E-state index contributed by atoms with van der Waals surface area (Å²) < 4.78 is 14.7. The zero-order valence-electron chi connectivity index (χ0n) is 12.1. The fraction of sp³-hybridized carbons (Fsp3) is 0.278. The van der Waals surface area contributed by atoms with Crippen LogP contribution in [0.2, 0.25) is 0 Å². The summed E-state index contributed by atoms with van der Waals surface area (Å²) in [6, 6.07) is 18.4. The van der Waals surface area contributed by atoms with Crippen LogP contribution < -0.4 is 0 Å². The molecule has 22 heavy (non-hydrogen) atoms. The highest BCUT2D eigenvalue weighted by Gasteiger charge is 2.48. The molecule has 0 radical (unpaired) electrons. The third-order valence-corrected chi connectivity index (χ3v) is 4.59. The topological polar surface area (TPSA) is 36.3 Å². The second-order valence-electron chi connectivity index (χ2n) is 6.01. The van der Waals surface area contributed by atoms with Gasteiger partial charge in [-0.2, -0.15) is 0 Å². The number of fused-ring (bicyclic) bond motifs is 3. The molecular weight excluding hydrogens is 276 g/mol. The Morgan fingerprint density at radius 3 is 2.50 bits per heavy atom. The van der Waals surface area contributed by atoms with Crippen LogP contribution in [0.3, 0.4) is 0 Å². The monoisotopic (exact) mass is 292 g/mol. The van der Waals surface area contributed by atoms with Gasteiger partial charge in [-0.25, -0.2) is 4.98 Å². The van der Waals surface area contributed by atoms with Crippen molar-refractivity contribution in [3.05, 3.63) is 66.0 Å². The van der Waals surface area contributed by atoms with E-state index in [1.165, 1.54) is 0 Å². The van der Waals surface area contributed by atoms with E-state index in [0.717, 1.165) is 29.0 Å². The summed E-state index contributed by atoms with van der Waals surface area (Å²) in [5.41, 5.74) is 3.15. The van der Waals surface area contributed by atoms with Crippen molar-refractivity contribution >= 4 is 11.0 Å². The van der Waals surface area contributed by atoms with Crippen LogP contribution >= 0.6 is 0 Å². The van der Waals surface area contributed by atoms with Crippen LogP contribution in [0, 0.1) is 5.92 Å². The highest BCUT2D eigenvalue weighted by molar-refractivity contribution is 5.76. The number of hydrogen-bond donors (Lipinski definition) is 0. The molecule has 0 atom stereocenters. The molecule has 1 fully saturated rings. The lowest BCUT2D eigenvalue weighted by molar-refractivity contribution is -0.263. The normalized spacial score (nSPS) is 26.8. The molecule has 2 bridgehead atoms. The van der Waals surface area contributed by atoms with Gasteiger partial charge in [-0.05, 0) is 12.1 Å². The van der Waals surface area contributed by atoms with E-state index in [1.54, 1.807) is 0 Å². The van der Waals surface area contributed by atoms with Crippen molar-refractivity contribution in [3.63, 3.8) is 0 Å². The standard InChI is InChI=1S/C18H16N2O2/c1-2-6-14(7-3-1)18-17-19-15-8-4-5-9-16(15)20(17)10-13(11-21-18)12-22-18/h1-9,13H,10-12H2. The fourth-order valence-corrected chi connectivity index (χ4v) is 3.52. The summed E-state index contributed by atoms with van der Waals surface area (Å²) in [5, 5.41) is 0. The molecule has 0 amide bonds. The molecule has 2 aromatic carbocycles. The van der Waals surface area contributed by atoms with Crippen LogP contribution in [-0.2, 0) is 21.8 Å². The number of aromatic nitrogens is 2. The first-order chi connectivity index (χ1) is 10.9. The van der Waals surface area contributed by atoms with Crippen LogP contribution in [0.5, 0.6) is 0 Å². The molecule has 0 spiro atoms. The van der Waals surface area contributed by atoms with Gasteiger partial charge in [-0.3, -0.25) is 0 Å². The summed E-state index contributed by atoms with van der Waals surface area (Å²) in [4.78, 5) is 4.85. The van der Waals surface area contributed by atoms with E-state index >= 15 is 0 Å². The highest BCUT2D eigenvalue weighted by atomic mass is 16.7. The quantitative estimate of drug-likeness (QED) is 0.692. The molecule has 3 aliphatic rings. The van der Waals surface area contributed by atoms with E-state index in [1.807, 2.05) is 30.3 Å². The lowest BCUT2D eigenvalue weighted by Crippen LogP contribution is -2.41. The third kappa shape index (κ3) is 1.56. The van der Waals surface area contributed by atoms with E-state index in [4.69, 9.17) is 14.5 Å². The predicted octanol–water partition coefficient (Wildman–Crippen LogP) is 2.91. The summed E-state index contributed by atoms with van der Waals surface area (Å²) in [6.07, 6.45) is 0. The molecule has 110 valence electrons. The Kier molecular flexibility index (Phi) is 2.48. The van der Waals surface area contributed by atoms with Crippen LogP contribution in [-0.4, -0.2) is 22.8 Å². The molecule has 0 N–H and O–H groups in total. The van der Waals surface area contributed by atoms with Gasteiger partial charge in [0.25, 0.3) is 5.79 Å². The summed E-state index contributed by atoms with van der Waals surface area (Å²) in [7, 11) is 0. The highest BCUT2D eigenvalue weighted by Crippen LogP contribution is 2.42. The average Bonchev–Trinajstić information content (AvgIpc) is 2.80. The first-order valence-corrected chi connectivity index (χ1v) is 7.66. The minimum atomic E-state index is -0.882. The number of hydrogen-bond acceptors (Lipinski definition) is 3. The Morgan fingerprint density at radius 1 is 0.955 bits per heavy atom. The largest absolute Gasteiger partial charge is 0.339 e. The summed E-state index contributed by atoms with van der Waals surface area (Å²) in [6.45, 7) is 2.30. The second kappa shape index (κ2) is 4.41. The maximum atomic E-state index is 6.23. The Hall–Kier alpha value is -2.17. The molecule has 0 aliphatic carbocycles. The molecule has 1 saturated heterocycles. The second-order valence-corrected chi connectivity index (χ2v) is 6.01. The molecule has 1 aromatic heterocycles. The van der Waals surface area contributed by atoms with Crippen molar-refractivity contribution in [2.24, 2.45) is 5.92 Å². The number of nitrogens with zero attached hydrogens (tertiary/aromatic N) is 2. The van der Waals surface area contributed by atoms with Crippen molar-refractivity contribution in [2.45, 2.75) is 12.3 Å². The minimum Gasteiger partial charge on any atom is -0.339 e. The molecule has 4 heteroatoms. The Bertz CT molecular complexity index is 833. The molecule has 6 rings (SSSR count). The third-order valence-electron chi connectivity index (χ3n) is 4.59. The SMILES string of the molecule is c1ccc(C23OCC(CO2)Cn2c3nc3ccccc32)cc1. The average molecular weight is 292 g/mol. The van der Waals surface area contributed by atoms with Gasteiger partial charge in [0, 0.05) is 18.0 Å². The molecule has 0 unspecified atom stereocenters. The number of ether oxygens (including phenoxy) is 2. The zero-order chi connectivity index (χ0) is 14.6.